The molecule has 2 aromatic rings. The van der Waals surface area contributed by atoms with E-state index in [1.165, 1.54) is 22.7 Å². The Bertz CT molecular complexity index is 782. The monoisotopic (exact) mass is 314 g/mol. The molecule has 4 nitrogen and oxygen atoms in total. The van der Waals surface area contributed by atoms with Crippen molar-refractivity contribution in [3.8, 4) is 0 Å². The average molecular weight is 314 g/mol. The molecule has 2 N–H and O–H groups in total. The van der Waals surface area contributed by atoms with Gasteiger partial charge in [0.25, 0.3) is 5.91 Å². The molecule has 1 atom stereocenters. The summed E-state index contributed by atoms with van der Waals surface area (Å²) in [5.74, 6) is 0.649. The van der Waals surface area contributed by atoms with Gasteiger partial charge in [0, 0.05) is 28.6 Å². The first kappa shape index (κ1) is 14.9. The summed E-state index contributed by atoms with van der Waals surface area (Å²) in [4.78, 5) is 28.5. The third kappa shape index (κ3) is 2.95. The number of H-pyrrole nitrogens is 1. The third-order valence-electron chi connectivity index (χ3n) is 3.81. The van der Waals surface area contributed by atoms with Gasteiger partial charge in [0.1, 0.15) is 5.56 Å². The summed E-state index contributed by atoms with van der Waals surface area (Å²) in [5, 5.41) is 3.01. The topological polar surface area (TPSA) is 62.0 Å². The maximum atomic E-state index is 12.4. The van der Waals surface area contributed by atoms with Gasteiger partial charge in [-0.2, -0.15) is 0 Å². The van der Waals surface area contributed by atoms with Crippen LogP contribution in [0.15, 0.2) is 40.2 Å². The number of amides is 1. The predicted molar refractivity (Wildman–Crippen MR) is 88.5 cm³/mol. The molecule has 0 radical (unpaired) electrons. The summed E-state index contributed by atoms with van der Waals surface area (Å²) >= 11 is 1.81. The van der Waals surface area contributed by atoms with Crippen LogP contribution in [0.25, 0.3) is 0 Å². The molecular weight excluding hydrogens is 296 g/mol. The van der Waals surface area contributed by atoms with Crippen molar-refractivity contribution in [1.29, 1.82) is 0 Å². The quantitative estimate of drug-likeness (QED) is 0.896. The number of thioether (sulfide) groups is 1. The number of fused-ring (bicyclic) bond motifs is 1. The SMILES string of the molecule is Cc1ccc2c(c1)[C@H](NC(=O)c1c[nH]c(C)cc1=O)CCS2. The fourth-order valence-electron chi connectivity index (χ4n) is 2.65. The number of hydrogen-bond donors (Lipinski definition) is 2. The summed E-state index contributed by atoms with van der Waals surface area (Å²) in [7, 11) is 0. The zero-order valence-corrected chi connectivity index (χ0v) is 13.4. The molecule has 0 spiro atoms. The lowest BCUT2D eigenvalue weighted by atomic mass is 10.0. The van der Waals surface area contributed by atoms with Crippen LogP contribution in [0.3, 0.4) is 0 Å². The minimum atomic E-state index is -0.314. The molecule has 0 saturated carbocycles. The minimum Gasteiger partial charge on any atom is -0.364 e. The van der Waals surface area contributed by atoms with Crippen LogP contribution in [0.5, 0.6) is 0 Å². The molecule has 0 fully saturated rings. The van der Waals surface area contributed by atoms with E-state index in [2.05, 4.69) is 28.5 Å². The average Bonchev–Trinajstić information content (AvgIpc) is 2.47. The Labute approximate surface area is 133 Å². The van der Waals surface area contributed by atoms with Crippen LogP contribution in [-0.4, -0.2) is 16.6 Å². The number of aromatic amines is 1. The third-order valence-corrected chi connectivity index (χ3v) is 4.93. The Hall–Kier alpha value is -2.01. The molecule has 114 valence electrons. The Morgan fingerprint density at radius 3 is 2.91 bits per heavy atom. The number of aryl methyl sites for hydroxylation is 2. The minimum absolute atomic E-state index is 0.0376. The summed E-state index contributed by atoms with van der Waals surface area (Å²) in [5.41, 5.74) is 2.99. The number of pyridine rings is 1. The van der Waals surface area contributed by atoms with Crippen LogP contribution in [0.4, 0.5) is 0 Å². The highest BCUT2D eigenvalue weighted by Gasteiger charge is 2.23. The second-order valence-corrected chi connectivity index (χ2v) is 6.74. The smallest absolute Gasteiger partial charge is 0.257 e. The van der Waals surface area contributed by atoms with Gasteiger partial charge in [0.15, 0.2) is 5.43 Å². The van der Waals surface area contributed by atoms with Crippen LogP contribution >= 0.6 is 11.8 Å². The van der Waals surface area contributed by atoms with E-state index in [1.54, 1.807) is 6.92 Å². The Morgan fingerprint density at radius 2 is 2.14 bits per heavy atom. The first-order chi connectivity index (χ1) is 10.5. The van der Waals surface area contributed by atoms with Crippen molar-refractivity contribution >= 4 is 17.7 Å². The number of nitrogens with one attached hydrogen (secondary N) is 2. The molecule has 1 aromatic heterocycles. The van der Waals surface area contributed by atoms with Crippen molar-refractivity contribution in [1.82, 2.24) is 10.3 Å². The summed E-state index contributed by atoms with van der Waals surface area (Å²) in [6, 6.07) is 7.71. The van der Waals surface area contributed by atoms with E-state index in [0.717, 1.165) is 23.4 Å². The number of carbonyl (C=O) groups excluding carboxylic acids is 1. The zero-order chi connectivity index (χ0) is 15.7. The van der Waals surface area contributed by atoms with Gasteiger partial charge >= 0.3 is 0 Å². The lowest BCUT2D eigenvalue weighted by Gasteiger charge is -2.26. The van der Waals surface area contributed by atoms with Gasteiger partial charge in [0.05, 0.1) is 6.04 Å². The van der Waals surface area contributed by atoms with E-state index in [1.807, 2.05) is 18.7 Å². The molecule has 1 aliphatic heterocycles. The van der Waals surface area contributed by atoms with Crippen molar-refractivity contribution in [3.63, 3.8) is 0 Å². The molecule has 0 bridgehead atoms. The highest BCUT2D eigenvalue weighted by molar-refractivity contribution is 7.99. The van der Waals surface area contributed by atoms with Crippen LogP contribution in [0.2, 0.25) is 0 Å². The highest BCUT2D eigenvalue weighted by atomic mass is 32.2. The molecule has 5 heteroatoms. The van der Waals surface area contributed by atoms with Crippen LogP contribution < -0.4 is 10.7 Å². The second-order valence-electron chi connectivity index (χ2n) is 5.60. The molecule has 22 heavy (non-hydrogen) atoms. The van der Waals surface area contributed by atoms with Gasteiger partial charge in [-0.3, -0.25) is 9.59 Å². The second kappa shape index (κ2) is 6.01. The van der Waals surface area contributed by atoms with E-state index in [0.29, 0.717) is 0 Å². The Morgan fingerprint density at radius 1 is 1.32 bits per heavy atom. The van der Waals surface area contributed by atoms with E-state index in [9.17, 15) is 9.59 Å². The Kier molecular flexibility index (Phi) is 4.07. The van der Waals surface area contributed by atoms with Crippen molar-refractivity contribution in [3.05, 3.63) is 63.1 Å². The maximum absolute atomic E-state index is 12.4. The van der Waals surface area contributed by atoms with E-state index < -0.39 is 0 Å². The van der Waals surface area contributed by atoms with Gasteiger partial charge in [-0.25, -0.2) is 0 Å². The molecule has 1 aliphatic rings. The van der Waals surface area contributed by atoms with Crippen molar-refractivity contribution in [2.24, 2.45) is 0 Å². The standard InChI is InChI=1S/C17H18N2O2S/c1-10-3-4-16-12(7-10)14(5-6-22-16)19-17(21)13-9-18-11(2)8-15(13)20/h3-4,7-9,14H,5-6H2,1-2H3,(H,18,20)(H,19,21)/t14-/m1/s1. The summed E-state index contributed by atoms with van der Waals surface area (Å²) in [6.45, 7) is 3.84. The van der Waals surface area contributed by atoms with E-state index in [4.69, 9.17) is 0 Å². The number of rotatable bonds is 2. The molecule has 1 amide bonds. The van der Waals surface area contributed by atoms with Gasteiger partial charge in [-0.1, -0.05) is 17.7 Å². The number of aromatic nitrogens is 1. The number of carbonyl (C=O) groups is 1. The molecule has 1 aromatic carbocycles. The predicted octanol–water partition coefficient (Wildman–Crippen LogP) is 2.96. The van der Waals surface area contributed by atoms with E-state index >= 15 is 0 Å². The largest absolute Gasteiger partial charge is 0.364 e. The summed E-state index contributed by atoms with van der Waals surface area (Å²) in [6.07, 6.45) is 2.36. The molecule has 3 rings (SSSR count). The first-order valence-electron chi connectivity index (χ1n) is 7.28. The number of hydrogen-bond acceptors (Lipinski definition) is 3. The fraction of sp³-hybridized carbons (Fsp3) is 0.294. The van der Waals surface area contributed by atoms with E-state index in [-0.39, 0.29) is 22.9 Å². The molecule has 2 heterocycles. The lowest BCUT2D eigenvalue weighted by molar-refractivity contribution is 0.0933. The van der Waals surface area contributed by atoms with Gasteiger partial charge in [-0.15, -0.1) is 11.8 Å². The fourth-order valence-corrected chi connectivity index (χ4v) is 3.76. The van der Waals surface area contributed by atoms with Crippen LogP contribution in [0, 0.1) is 13.8 Å². The van der Waals surface area contributed by atoms with Gasteiger partial charge in [-0.05, 0) is 31.9 Å². The summed E-state index contributed by atoms with van der Waals surface area (Å²) < 4.78 is 0. The Balaban J connectivity index is 1.87. The van der Waals surface area contributed by atoms with Crippen LogP contribution in [-0.2, 0) is 0 Å². The molecule has 0 unspecified atom stereocenters. The molecular formula is C17H18N2O2S. The maximum Gasteiger partial charge on any atom is 0.257 e. The van der Waals surface area contributed by atoms with Gasteiger partial charge in [0.2, 0.25) is 0 Å². The van der Waals surface area contributed by atoms with Crippen molar-refractivity contribution in [2.45, 2.75) is 31.2 Å². The van der Waals surface area contributed by atoms with Crippen LogP contribution in [0.1, 0.15) is 39.6 Å². The highest BCUT2D eigenvalue weighted by Crippen LogP contribution is 2.36. The van der Waals surface area contributed by atoms with Crippen molar-refractivity contribution < 1.29 is 4.79 Å². The molecule has 0 aliphatic carbocycles. The molecule has 0 saturated heterocycles. The zero-order valence-electron chi connectivity index (χ0n) is 12.6. The van der Waals surface area contributed by atoms with Crippen molar-refractivity contribution in [2.75, 3.05) is 5.75 Å². The van der Waals surface area contributed by atoms with Gasteiger partial charge < -0.3 is 10.3 Å². The normalized spacial score (nSPS) is 16.9. The lowest BCUT2D eigenvalue weighted by Crippen LogP contribution is -2.33. The number of benzene rings is 1. The first-order valence-corrected chi connectivity index (χ1v) is 8.26.